The molecule has 0 bridgehead atoms. The van der Waals surface area contributed by atoms with E-state index in [1.807, 2.05) is 91.0 Å². The number of aliphatic carboxylic acids is 1. The Morgan fingerprint density at radius 2 is 1.60 bits per heavy atom. The molecule has 3 aromatic carbocycles. The second-order valence-electron chi connectivity index (χ2n) is 12.3. The molecule has 0 saturated carbocycles. The number of aromatic nitrogens is 4. The van der Waals surface area contributed by atoms with Gasteiger partial charge in [0.05, 0.1) is 0 Å². The number of oxime groups is 1. The lowest BCUT2D eigenvalue weighted by molar-refractivity contribution is -0.150. The molecule has 0 aliphatic carbocycles. The Morgan fingerprint density at radius 3 is 2.13 bits per heavy atom. The van der Waals surface area contributed by atoms with E-state index < -0.39 is 40.6 Å². The Balaban J connectivity index is 1.11. The van der Waals surface area contributed by atoms with E-state index in [4.69, 9.17) is 15.6 Å². The molecule has 0 spiro atoms. The second-order valence-corrected chi connectivity index (χ2v) is 15.2. The van der Waals surface area contributed by atoms with Gasteiger partial charge in [0.25, 0.3) is 17.7 Å². The fraction of sp³-hybridized carbons (Fsp3) is 0.189. The number of rotatable bonds is 14. The van der Waals surface area contributed by atoms with Crippen LogP contribution in [0.5, 0.6) is 0 Å². The molecule has 55 heavy (non-hydrogen) atoms. The molecule has 4 heterocycles. The van der Waals surface area contributed by atoms with Crippen molar-refractivity contribution in [1.82, 2.24) is 30.0 Å². The topological polar surface area (TPSA) is 207 Å². The van der Waals surface area contributed by atoms with Crippen molar-refractivity contribution in [1.29, 1.82) is 0 Å². The van der Waals surface area contributed by atoms with Crippen molar-refractivity contribution >= 4 is 69.4 Å². The van der Waals surface area contributed by atoms with E-state index in [-0.39, 0.29) is 34.4 Å². The van der Waals surface area contributed by atoms with Crippen LogP contribution < -0.4 is 16.4 Å². The number of carbonyl (C=O) groups is 4. The third-order valence-electron chi connectivity index (χ3n) is 9.03. The Bertz CT molecular complexity index is 2220. The molecule has 5 N–H and O–H groups in total. The first-order valence-electron chi connectivity index (χ1n) is 16.7. The lowest BCUT2D eigenvalue weighted by atomic mass is 9.77. The third kappa shape index (κ3) is 7.06. The number of carboxylic acids is 1. The first-order chi connectivity index (χ1) is 26.6. The molecule has 0 radical (unpaired) electrons. The lowest BCUT2D eigenvalue weighted by Gasteiger charge is -2.49. The van der Waals surface area contributed by atoms with Crippen molar-refractivity contribution in [2.75, 3.05) is 23.9 Å². The largest absolute Gasteiger partial charge is 0.477 e. The van der Waals surface area contributed by atoms with Gasteiger partial charge in [-0.05, 0) is 22.3 Å². The van der Waals surface area contributed by atoms with Crippen molar-refractivity contribution in [3.05, 3.63) is 136 Å². The van der Waals surface area contributed by atoms with Crippen molar-refractivity contribution in [2.24, 2.45) is 17.9 Å². The highest BCUT2D eigenvalue weighted by atomic mass is 32.2. The number of nitrogens with zero attached hydrogens (tertiary/aromatic N) is 6. The maximum Gasteiger partial charge on any atom is 0.352 e. The maximum atomic E-state index is 13.8. The van der Waals surface area contributed by atoms with Crippen LogP contribution in [0.25, 0.3) is 0 Å². The zero-order valence-electron chi connectivity index (χ0n) is 29.3. The predicted octanol–water partition coefficient (Wildman–Crippen LogP) is 3.66. The number of thioether (sulfide) groups is 2. The summed E-state index contributed by atoms with van der Waals surface area (Å²) in [5, 5.41) is 30.1. The minimum absolute atomic E-state index is 0.0364. The lowest BCUT2D eigenvalue weighted by Crippen LogP contribution is -2.71. The summed E-state index contributed by atoms with van der Waals surface area (Å²) in [5.74, 6) is -2.94. The summed E-state index contributed by atoms with van der Waals surface area (Å²) in [6, 6.07) is 28.9. The van der Waals surface area contributed by atoms with Crippen LogP contribution in [-0.2, 0) is 31.8 Å². The number of nitrogens with two attached hydrogens (primary N) is 1. The number of thiazole rings is 1. The summed E-state index contributed by atoms with van der Waals surface area (Å²) in [5.41, 5.74) is 7.72. The van der Waals surface area contributed by atoms with Crippen molar-refractivity contribution < 1.29 is 29.1 Å². The molecule has 7 rings (SSSR count). The first-order valence-corrected chi connectivity index (χ1v) is 19.6. The molecule has 5 aromatic rings. The van der Waals surface area contributed by atoms with Crippen LogP contribution in [0.1, 0.15) is 33.0 Å². The number of primary amides is 1. The third-order valence-corrected chi connectivity index (χ3v) is 12.2. The highest BCUT2D eigenvalue weighted by Crippen LogP contribution is 2.43. The van der Waals surface area contributed by atoms with Gasteiger partial charge in [0.2, 0.25) is 5.82 Å². The monoisotopic (exact) mass is 795 g/mol. The number of fused-ring (bicyclic) bond motifs is 1. The van der Waals surface area contributed by atoms with Gasteiger partial charge in [-0.15, -0.1) is 33.3 Å². The molecular formula is C37H33N9O6S3. The summed E-state index contributed by atoms with van der Waals surface area (Å²) < 4.78 is 1.42. The number of amides is 3. The Morgan fingerprint density at radius 1 is 1.00 bits per heavy atom. The van der Waals surface area contributed by atoms with Crippen molar-refractivity contribution in [3.63, 3.8) is 0 Å². The summed E-state index contributed by atoms with van der Waals surface area (Å²) in [4.78, 5) is 62.3. The van der Waals surface area contributed by atoms with E-state index in [0.717, 1.165) is 28.5 Å². The molecule has 280 valence electrons. The average molecular weight is 796 g/mol. The van der Waals surface area contributed by atoms with E-state index in [9.17, 15) is 24.3 Å². The molecule has 2 aliphatic rings. The maximum absolute atomic E-state index is 13.8. The van der Waals surface area contributed by atoms with E-state index in [1.165, 1.54) is 39.7 Å². The Hall–Kier alpha value is -5.98. The molecule has 18 heteroatoms. The fourth-order valence-corrected chi connectivity index (χ4v) is 9.63. The molecule has 15 nitrogen and oxygen atoms in total. The summed E-state index contributed by atoms with van der Waals surface area (Å²) in [6.45, 7) is 0. The number of benzene rings is 3. The molecule has 1 unspecified atom stereocenters. The van der Waals surface area contributed by atoms with Gasteiger partial charge in [-0.25, -0.2) is 9.78 Å². The molecule has 2 aliphatic heterocycles. The SMILES string of the molecule is CON=C(C(=O)NC1C(=O)N2C(C(=O)O)=C(CSc3nnc(C(N)=O)n3C)CS[C@@H]12)c1csc(NC(c2ccccc2)(c2ccccc2)c2ccccc2)n1. The van der Waals surface area contributed by atoms with Crippen LogP contribution in [0, 0.1) is 0 Å². The quantitative estimate of drug-likeness (QED) is 0.0418. The predicted molar refractivity (Wildman–Crippen MR) is 208 cm³/mol. The molecular weight excluding hydrogens is 763 g/mol. The Labute approximate surface area is 327 Å². The number of β-lactam (4-membered cyclic amide) rings is 1. The minimum atomic E-state index is -1.28. The van der Waals surface area contributed by atoms with Crippen molar-refractivity contribution in [2.45, 2.75) is 22.1 Å². The number of anilines is 1. The first kappa shape index (κ1) is 37.3. The van der Waals surface area contributed by atoms with Gasteiger partial charge in [0, 0.05) is 23.9 Å². The number of hydrogen-bond acceptors (Lipinski definition) is 13. The van der Waals surface area contributed by atoms with Gasteiger partial charge >= 0.3 is 5.97 Å². The van der Waals surface area contributed by atoms with Gasteiger partial charge in [-0.3, -0.25) is 19.3 Å². The van der Waals surface area contributed by atoms with Crippen LogP contribution in [0.15, 0.2) is 118 Å². The standard InChI is InChI=1S/C37H33N9O6S3/c1-45-30(29(38)47)42-43-36(45)55-19-21-18-53-33-27(32(49)46(33)28(21)34(50)51)40-31(48)26(44-52-2)25-20-54-35(39-25)41-37(22-12-6-3-7-13-22,23-14-8-4-9-15-23)24-16-10-5-11-17-24/h3-17,20,27,33H,18-19H2,1-2H3,(H2,38,47)(H,39,41)(H,40,48)(H,50,51)/t27?,33-/m0/s1. The smallest absolute Gasteiger partial charge is 0.352 e. The normalized spacial score (nSPS) is 16.9. The highest BCUT2D eigenvalue weighted by Gasteiger charge is 2.54. The number of carbonyl (C=O) groups excluding carboxylic acids is 3. The van der Waals surface area contributed by atoms with Crippen LogP contribution in [-0.4, -0.2) is 89.2 Å². The fourth-order valence-electron chi connectivity index (χ4n) is 6.49. The van der Waals surface area contributed by atoms with E-state index in [1.54, 1.807) is 12.4 Å². The molecule has 1 saturated heterocycles. The average Bonchev–Trinajstić information content (AvgIpc) is 3.83. The molecule has 2 aromatic heterocycles. The minimum Gasteiger partial charge on any atom is -0.477 e. The summed E-state index contributed by atoms with van der Waals surface area (Å²) in [6.07, 6.45) is 0. The Kier molecular flexibility index (Phi) is 10.7. The highest BCUT2D eigenvalue weighted by molar-refractivity contribution is 8.01. The summed E-state index contributed by atoms with van der Waals surface area (Å²) in [7, 11) is 2.88. The molecule has 3 amide bonds. The van der Waals surface area contributed by atoms with E-state index in [2.05, 4.69) is 26.0 Å². The molecule has 2 atom stereocenters. The van der Waals surface area contributed by atoms with E-state index in [0.29, 0.717) is 15.9 Å². The number of nitrogens with one attached hydrogen (secondary N) is 2. The second kappa shape index (κ2) is 15.8. The van der Waals surface area contributed by atoms with Crippen LogP contribution in [0.3, 0.4) is 0 Å². The number of carboxylic acid groups (broad SMARTS) is 1. The zero-order valence-corrected chi connectivity index (χ0v) is 31.7. The van der Waals surface area contributed by atoms with Gasteiger partial charge < -0.3 is 30.9 Å². The van der Waals surface area contributed by atoms with Crippen LogP contribution in [0.4, 0.5) is 5.13 Å². The van der Waals surface area contributed by atoms with Crippen molar-refractivity contribution in [3.8, 4) is 0 Å². The van der Waals surface area contributed by atoms with Crippen LogP contribution >= 0.6 is 34.9 Å². The van der Waals surface area contributed by atoms with Gasteiger partial charge in [-0.2, -0.15) is 0 Å². The van der Waals surface area contributed by atoms with E-state index >= 15 is 0 Å². The molecule has 1 fully saturated rings. The zero-order chi connectivity index (χ0) is 38.7. The summed E-state index contributed by atoms with van der Waals surface area (Å²) >= 11 is 3.75. The number of hydrogen-bond donors (Lipinski definition) is 4. The van der Waals surface area contributed by atoms with Gasteiger partial charge in [0.15, 0.2) is 16.0 Å². The van der Waals surface area contributed by atoms with Gasteiger partial charge in [-0.1, -0.05) is 108 Å². The van der Waals surface area contributed by atoms with Crippen LogP contribution in [0.2, 0.25) is 0 Å². The van der Waals surface area contributed by atoms with Gasteiger partial charge in [0.1, 0.15) is 35.5 Å².